The molecule has 4 amide bonds. The van der Waals surface area contributed by atoms with Gasteiger partial charge in [0.05, 0.1) is 24.2 Å². The van der Waals surface area contributed by atoms with Gasteiger partial charge >= 0.3 is 0 Å². The fourth-order valence-electron chi connectivity index (χ4n) is 17.1. The van der Waals surface area contributed by atoms with Crippen LogP contribution in [0.2, 0.25) is 60.3 Å². The van der Waals surface area contributed by atoms with Gasteiger partial charge in [-0.25, -0.2) is 0 Å². The van der Waals surface area contributed by atoms with Gasteiger partial charge in [0.15, 0.2) is 0 Å². The molecule has 8 aromatic carbocycles. The number of rotatable bonds is 26. The third-order valence-electron chi connectivity index (χ3n) is 23.6. The van der Waals surface area contributed by atoms with E-state index in [0.717, 1.165) is 207 Å². The first kappa shape index (κ1) is 95.5. The molecule has 119 heavy (non-hydrogen) atoms. The third kappa shape index (κ3) is 29.5. The lowest BCUT2D eigenvalue weighted by Crippen LogP contribution is -2.40. The van der Waals surface area contributed by atoms with Crippen LogP contribution in [0.15, 0.2) is 170 Å². The number of hydrogen-bond donors (Lipinski definition) is 4. The maximum atomic E-state index is 12.3. The van der Waals surface area contributed by atoms with Crippen molar-refractivity contribution in [2.75, 3.05) is 72.0 Å². The highest BCUT2D eigenvalue weighted by Crippen LogP contribution is 2.47. The van der Waals surface area contributed by atoms with Crippen molar-refractivity contribution in [2.45, 2.75) is 181 Å². The predicted molar refractivity (Wildman–Crippen MR) is 505 cm³/mol. The molecule has 0 radical (unpaired) electrons. The quantitative estimate of drug-likeness (QED) is 0.0422. The minimum atomic E-state index is 0.0170. The molecule has 640 valence electrons. The Kier molecular flexibility index (Phi) is 38.5. The van der Waals surface area contributed by atoms with E-state index >= 15 is 0 Å². The first-order chi connectivity index (χ1) is 57.1. The molecule has 1 saturated carbocycles. The number of hydrogen-bond acceptors (Lipinski definition) is 8. The van der Waals surface area contributed by atoms with Crippen molar-refractivity contribution < 1.29 is 19.2 Å². The zero-order valence-corrected chi connectivity index (χ0v) is 77.6. The number of carbonyl (C=O) groups excluding carboxylic acids is 4. The summed E-state index contributed by atoms with van der Waals surface area (Å²) in [7, 11) is 0. The van der Waals surface area contributed by atoms with E-state index < -0.39 is 0 Å². The van der Waals surface area contributed by atoms with Gasteiger partial charge < -0.3 is 40.9 Å². The molecule has 24 heteroatoms. The average molecular weight is 1860 g/mol. The van der Waals surface area contributed by atoms with Crippen LogP contribution in [0.4, 0.5) is 22.7 Å². The van der Waals surface area contributed by atoms with Crippen LogP contribution < -0.4 is 40.9 Å². The molecular weight excluding hydrogens is 1740 g/mol. The summed E-state index contributed by atoms with van der Waals surface area (Å²) in [6.45, 7) is 16.3. The van der Waals surface area contributed by atoms with E-state index in [1.807, 2.05) is 129 Å². The van der Waals surface area contributed by atoms with Gasteiger partial charge in [-0.3, -0.25) is 19.2 Å². The Bertz CT molecular complexity index is 4560. The molecule has 5 aliphatic rings. The van der Waals surface area contributed by atoms with Crippen molar-refractivity contribution in [3.8, 4) is 0 Å². The van der Waals surface area contributed by atoms with Gasteiger partial charge in [-0.1, -0.05) is 210 Å². The number of nitrogens with one attached hydrogen (secondary N) is 4. The van der Waals surface area contributed by atoms with Crippen LogP contribution in [0.3, 0.4) is 0 Å². The van der Waals surface area contributed by atoms with Crippen LogP contribution in [0.5, 0.6) is 0 Å². The summed E-state index contributed by atoms with van der Waals surface area (Å²) in [5.74, 6) is 3.46. The molecule has 4 saturated heterocycles. The molecule has 8 aromatic rings. The molecule has 4 aliphatic heterocycles. The molecule has 4 N–H and O–H groups in total. The molecule has 12 nitrogen and oxygen atoms in total. The highest BCUT2D eigenvalue weighted by atomic mass is 35.5. The maximum absolute atomic E-state index is 12.3. The number of halogens is 12. The molecule has 0 unspecified atom stereocenters. The highest BCUT2D eigenvalue weighted by molar-refractivity contribution is 6.37. The lowest BCUT2D eigenvalue weighted by Gasteiger charge is -2.42. The van der Waals surface area contributed by atoms with Gasteiger partial charge in [-0.05, 0) is 294 Å². The number of nitrogens with zero attached hydrogens (tertiary/aromatic N) is 4. The van der Waals surface area contributed by atoms with Crippen molar-refractivity contribution >= 4 is 186 Å². The van der Waals surface area contributed by atoms with E-state index in [2.05, 4.69) is 103 Å². The minimum absolute atomic E-state index is 0.0170. The van der Waals surface area contributed by atoms with E-state index in [0.29, 0.717) is 89.3 Å². The van der Waals surface area contributed by atoms with Gasteiger partial charge in [0.1, 0.15) is 0 Å². The lowest BCUT2D eigenvalue weighted by molar-refractivity contribution is -0.125. The Hall–Kier alpha value is -5.68. The first-order valence-corrected chi connectivity index (χ1v) is 46.6. The van der Waals surface area contributed by atoms with E-state index in [-0.39, 0.29) is 59.6 Å². The Morgan fingerprint density at radius 3 is 0.899 bits per heavy atom. The lowest BCUT2D eigenvalue weighted by atomic mass is 9.86. The number of benzene rings is 8. The zero-order valence-electron chi connectivity index (χ0n) is 68.6. The van der Waals surface area contributed by atoms with Gasteiger partial charge in [-0.15, -0.1) is 0 Å². The van der Waals surface area contributed by atoms with Crippen LogP contribution >= 0.6 is 139 Å². The number of amides is 4. The molecule has 0 bridgehead atoms. The van der Waals surface area contributed by atoms with Crippen LogP contribution in [0, 0.1) is 41.4 Å². The van der Waals surface area contributed by atoms with Crippen LogP contribution in [0.25, 0.3) is 0 Å². The SMILES string of the molecule is CC(=O)NCC[C@@H]1CC[C@@H](c2ccc(Cl)cc2Cl)N(c2ccc(Cl)cc2)C1.CC(C)C(=O)NCC[C@@H]1CC[C@@H](c2ccc(Cl)cc2Cl)N(c2ccc(Cl)cc2)C1.CC(C)CCCC(=O)NCC[C@@H]1CC[C@@H](c2ccc(Cl)cc2Cl)N(c2ccc(Cl)cc2)C1.O=C(NCC[C@@H]1CC[C@@H](c2ccc(Cl)cc2Cl)N(c2ccc(Cl)cc2)C1)C1CCCC1. The summed E-state index contributed by atoms with van der Waals surface area (Å²) in [5.41, 5.74) is 8.92. The molecule has 13 rings (SSSR count). The fraction of sp³-hybridized carbons (Fsp3) is 0.453. The first-order valence-electron chi connectivity index (χ1n) is 42.1. The summed E-state index contributed by atoms with van der Waals surface area (Å²) in [4.78, 5) is 57.1. The van der Waals surface area contributed by atoms with E-state index in [1.165, 1.54) is 12.8 Å². The number of anilines is 4. The normalized spacial score (nSPS) is 20.0. The Balaban J connectivity index is 0.000000167. The molecule has 0 aromatic heterocycles. The Labute approximate surface area is 765 Å². The summed E-state index contributed by atoms with van der Waals surface area (Å²) in [6, 6.07) is 55.6. The second-order valence-corrected chi connectivity index (χ2v) is 38.1. The fourth-order valence-corrected chi connectivity index (χ4v) is 19.8. The highest BCUT2D eigenvalue weighted by Gasteiger charge is 2.36. The van der Waals surface area contributed by atoms with Crippen molar-refractivity contribution in [3.63, 3.8) is 0 Å². The average Bonchev–Trinajstić information content (AvgIpc) is 1.07. The third-order valence-corrected chi connectivity index (χ3v) is 26.8. The van der Waals surface area contributed by atoms with Gasteiger partial charge in [0.25, 0.3) is 0 Å². The monoisotopic (exact) mass is 1850 g/mol. The topological polar surface area (TPSA) is 129 Å². The number of piperidine rings is 4. The predicted octanol–water partition coefficient (Wildman–Crippen LogP) is 28.1. The Morgan fingerprint density at radius 2 is 0.622 bits per heavy atom. The van der Waals surface area contributed by atoms with Gasteiger partial charge in [0.2, 0.25) is 23.6 Å². The van der Waals surface area contributed by atoms with E-state index in [9.17, 15) is 19.2 Å². The second kappa shape index (κ2) is 48.0. The molecule has 5 fully saturated rings. The summed E-state index contributed by atoms with van der Waals surface area (Å²) >= 11 is 75.1. The minimum Gasteiger partial charge on any atom is -0.364 e. The van der Waals surface area contributed by atoms with Gasteiger partial charge in [0, 0.05) is 161 Å². The molecule has 8 atom stereocenters. The Morgan fingerprint density at radius 1 is 0.345 bits per heavy atom. The van der Waals surface area contributed by atoms with Crippen LogP contribution in [-0.4, -0.2) is 76.0 Å². The second-order valence-electron chi connectivity index (χ2n) is 33.0. The zero-order chi connectivity index (χ0) is 85.2. The molecule has 1 aliphatic carbocycles. The van der Waals surface area contributed by atoms with Crippen molar-refractivity contribution in [1.29, 1.82) is 0 Å². The van der Waals surface area contributed by atoms with Crippen molar-refractivity contribution in [3.05, 3.63) is 252 Å². The van der Waals surface area contributed by atoms with Crippen LogP contribution in [-0.2, 0) is 19.2 Å². The summed E-state index contributed by atoms with van der Waals surface area (Å²) in [6.07, 6.45) is 19.4. The van der Waals surface area contributed by atoms with Crippen molar-refractivity contribution in [2.24, 2.45) is 41.4 Å². The largest absolute Gasteiger partial charge is 0.364 e. The standard InChI is InChI=1S/C26H33Cl3N2O.C25H29Cl3N2O.C23H27Cl3N2O.C21H23Cl3N2O/c1-18(2)4-3-5-26(32)30-15-14-19-6-13-25(23-12-9-21(28)16-24(23)29)31(17-19)22-10-7-20(27)8-11-22;26-19-6-9-21(10-7-19)30-16-17(13-14-29-25(31)18-3-1-2-4-18)5-12-24(30)22-11-8-20(27)15-23(22)28;1-15(2)23(29)27-12-11-16-3-10-22(20-9-6-18(25)13-21(20)26)28(14-16)19-7-4-17(24)5-8-19;1-14(27)25-11-10-15-2-9-21(19-8-5-17(23)12-20(19)24)26(13-15)18-6-3-16(22)4-7-18/h7-12,16,18-19,25H,3-6,13-15,17H2,1-2H3,(H,30,32);6-11,15,17-18,24H,1-5,12-14,16H2,(H,29,31);4-9,13,15-16,22H,3,10-12,14H2,1-2H3,(H,27,29);3-8,12,15,21H,2,9-11,13H2,1H3,(H,25,27)/t19-,25-;17-,24-;16-,22-;15-,21-/m0000/s1. The van der Waals surface area contributed by atoms with Crippen LogP contribution in [0.1, 0.15) is 203 Å². The van der Waals surface area contributed by atoms with E-state index in [1.54, 1.807) is 13.0 Å². The summed E-state index contributed by atoms with van der Waals surface area (Å²) < 4.78 is 0. The van der Waals surface area contributed by atoms with Crippen molar-refractivity contribution in [1.82, 2.24) is 21.3 Å². The van der Waals surface area contributed by atoms with Gasteiger partial charge in [-0.2, -0.15) is 0 Å². The molecule has 4 heterocycles. The smallest absolute Gasteiger partial charge is 0.223 e. The van der Waals surface area contributed by atoms with E-state index in [4.69, 9.17) is 139 Å². The molecule has 0 spiro atoms. The summed E-state index contributed by atoms with van der Waals surface area (Å²) in [5, 5.41) is 20.5. The molecular formula is C95H112Cl12N8O4. The number of carbonyl (C=O) groups is 4. The maximum Gasteiger partial charge on any atom is 0.223 e.